The molecule has 0 radical (unpaired) electrons. The average Bonchev–Trinajstić information content (AvgIpc) is 2.15. The van der Waals surface area contributed by atoms with E-state index >= 15 is 0 Å². The minimum Gasteiger partial charge on any atom is -0.324 e. The Balaban J connectivity index is 4.76. The van der Waals surface area contributed by atoms with Crippen molar-refractivity contribution in [2.45, 2.75) is 40.0 Å². The highest BCUT2D eigenvalue weighted by Crippen LogP contribution is 2.66. The predicted molar refractivity (Wildman–Crippen MR) is 72.7 cm³/mol. The van der Waals surface area contributed by atoms with Crippen LogP contribution in [0.25, 0.3) is 0 Å². The molecule has 0 saturated heterocycles. The molecule has 0 spiro atoms. The Labute approximate surface area is 109 Å². The Bertz CT molecular complexity index is 356. The van der Waals surface area contributed by atoms with E-state index in [2.05, 4.69) is 0 Å². The maximum atomic E-state index is 12.2. The van der Waals surface area contributed by atoms with E-state index in [4.69, 9.17) is 8.62 Å². The molecule has 0 aromatic rings. The summed E-state index contributed by atoms with van der Waals surface area (Å²) in [4.78, 5) is 9.51. The molecule has 0 saturated carbocycles. The molecule has 0 heterocycles. The van der Waals surface area contributed by atoms with Crippen LogP contribution in [-0.4, -0.2) is 23.4 Å². The number of hydrogen-bond donors (Lipinski definition) is 1. The number of hydrogen-bond acceptors (Lipinski definition) is 5. The molecule has 0 aromatic carbocycles. The van der Waals surface area contributed by atoms with Crippen LogP contribution in [0.1, 0.15) is 40.0 Å². The highest BCUT2D eigenvalue weighted by Gasteiger charge is 2.40. The van der Waals surface area contributed by atoms with Crippen molar-refractivity contribution in [2.24, 2.45) is 0 Å². The molecule has 0 amide bonds. The fourth-order valence-electron chi connectivity index (χ4n) is 1.25. The zero-order valence-electron chi connectivity index (χ0n) is 11.1. The zero-order chi connectivity index (χ0) is 14.2. The lowest BCUT2D eigenvalue weighted by Gasteiger charge is -2.16. The van der Waals surface area contributed by atoms with Crippen molar-refractivity contribution in [1.82, 2.24) is 0 Å². The van der Waals surface area contributed by atoms with Crippen LogP contribution in [0.3, 0.4) is 0 Å². The summed E-state index contributed by atoms with van der Waals surface area (Å²) in [5.74, 6) is 0. The monoisotopic (exact) mass is 319 g/mol. The first-order valence-electron chi connectivity index (χ1n) is 6.05. The van der Waals surface area contributed by atoms with E-state index in [1.165, 1.54) is 0 Å². The number of rotatable bonds is 10. The van der Waals surface area contributed by atoms with E-state index in [1.54, 1.807) is 13.8 Å². The molecule has 0 bridgehead atoms. The van der Waals surface area contributed by atoms with Crippen LogP contribution >= 0.6 is 23.2 Å². The molecule has 18 heavy (non-hydrogen) atoms. The molecule has 0 aliphatic rings. The van der Waals surface area contributed by atoms with Gasteiger partial charge in [-0.05, 0) is 23.8 Å². The van der Waals surface area contributed by atoms with Crippen LogP contribution in [0.15, 0.2) is 0 Å². The molecule has 0 aliphatic heterocycles. The summed E-state index contributed by atoms with van der Waals surface area (Å²) in [6.07, 6.45) is 1.67. The zero-order valence-corrected chi connectivity index (χ0v) is 13.8. The van der Waals surface area contributed by atoms with Crippen molar-refractivity contribution in [3.63, 3.8) is 0 Å². The molecule has 3 atom stereocenters. The lowest BCUT2D eigenvalue weighted by molar-refractivity contribution is 0.338. The summed E-state index contributed by atoms with van der Waals surface area (Å²) in [7, 11) is -9.80. The third-order valence-corrected chi connectivity index (χ3v) is 8.44. The summed E-state index contributed by atoms with van der Waals surface area (Å²) >= 11 is 0. The van der Waals surface area contributed by atoms with Crippen LogP contribution < -0.4 is 0 Å². The highest BCUT2D eigenvalue weighted by molar-refractivity contribution is 7.70. The smallest absolute Gasteiger partial charge is 0.324 e. The van der Waals surface area contributed by atoms with Crippen molar-refractivity contribution >= 4 is 23.2 Å². The minimum atomic E-state index is -3.94. The summed E-state index contributed by atoms with van der Waals surface area (Å²) in [6, 6.07) is 0. The Hall–Kier alpha value is 0.440. The van der Waals surface area contributed by atoms with Crippen molar-refractivity contribution in [3.8, 4) is 0 Å². The molecule has 6 nitrogen and oxygen atoms in total. The Morgan fingerprint density at radius 3 is 2.06 bits per heavy atom. The third kappa shape index (κ3) is 7.78. The van der Waals surface area contributed by atoms with Crippen LogP contribution in [0, 0.1) is 0 Å². The van der Waals surface area contributed by atoms with Crippen LogP contribution in [0.2, 0.25) is 0 Å². The van der Waals surface area contributed by atoms with Gasteiger partial charge in [0.2, 0.25) is 0 Å². The Kier molecular flexibility index (Phi) is 8.79. The molecule has 0 fully saturated rings. The molecule has 1 N–H and O–H groups in total. The standard InChI is InChI=1S/C9H21O6P3/c1-4-7-16(10)14-18(13,9-6-3)15-17(11,12)8-5-2/h4-9H2,1-3H3/p+1. The van der Waals surface area contributed by atoms with E-state index in [1.807, 2.05) is 6.92 Å². The molecule has 0 rings (SSSR count). The molecule has 108 valence electrons. The minimum absolute atomic E-state index is 0.00789. The summed E-state index contributed by atoms with van der Waals surface area (Å²) in [5, 5.41) is 0. The molecular weight excluding hydrogens is 297 g/mol. The predicted octanol–water partition coefficient (Wildman–Crippen LogP) is 4.37. The van der Waals surface area contributed by atoms with Gasteiger partial charge in [0.15, 0.2) is 6.16 Å². The van der Waals surface area contributed by atoms with Gasteiger partial charge < -0.3 is 4.89 Å². The van der Waals surface area contributed by atoms with E-state index in [0.717, 1.165) is 0 Å². The summed E-state index contributed by atoms with van der Waals surface area (Å²) in [6.45, 7) is 5.28. The van der Waals surface area contributed by atoms with Gasteiger partial charge in [-0.15, -0.1) is 0 Å². The summed E-state index contributed by atoms with van der Waals surface area (Å²) in [5.41, 5.74) is 0. The third-order valence-electron chi connectivity index (χ3n) is 1.88. The van der Waals surface area contributed by atoms with Gasteiger partial charge in [-0.25, -0.2) is 4.31 Å². The second-order valence-corrected chi connectivity index (χ2v) is 9.73. The largest absolute Gasteiger partial charge is 0.516 e. The highest BCUT2D eigenvalue weighted by atomic mass is 31.3. The van der Waals surface area contributed by atoms with Gasteiger partial charge in [-0.1, -0.05) is 25.1 Å². The fourth-order valence-corrected chi connectivity index (χ4v) is 7.09. The lowest BCUT2D eigenvalue weighted by atomic mass is 10.6. The maximum absolute atomic E-state index is 12.2. The first-order valence-corrected chi connectivity index (χ1v) is 10.9. The van der Waals surface area contributed by atoms with Gasteiger partial charge in [0.1, 0.15) is 0 Å². The Morgan fingerprint density at radius 1 is 1.06 bits per heavy atom. The second kappa shape index (κ2) is 8.58. The van der Waals surface area contributed by atoms with Gasteiger partial charge in [0.25, 0.3) is 0 Å². The van der Waals surface area contributed by atoms with Gasteiger partial charge in [-0.3, -0.25) is 9.13 Å². The van der Waals surface area contributed by atoms with Gasteiger partial charge >= 0.3 is 23.2 Å². The average molecular weight is 319 g/mol. The first-order chi connectivity index (χ1) is 8.28. The first kappa shape index (κ1) is 18.4. The molecule has 9 heteroatoms. The quantitative estimate of drug-likeness (QED) is 0.601. The van der Waals surface area contributed by atoms with Crippen molar-refractivity contribution in [3.05, 3.63) is 0 Å². The molecular formula is C9H22O6P3+. The Morgan fingerprint density at radius 2 is 1.61 bits per heavy atom. The molecule has 0 aromatic heterocycles. The van der Waals surface area contributed by atoms with Crippen molar-refractivity contribution in [2.75, 3.05) is 18.5 Å². The van der Waals surface area contributed by atoms with E-state index < -0.39 is 23.2 Å². The van der Waals surface area contributed by atoms with Crippen molar-refractivity contribution < 1.29 is 27.2 Å². The van der Waals surface area contributed by atoms with Gasteiger partial charge in [0.05, 0.1) is 12.3 Å². The van der Waals surface area contributed by atoms with E-state index in [0.29, 0.717) is 19.3 Å². The lowest BCUT2D eigenvalue weighted by Crippen LogP contribution is -1.98. The maximum Gasteiger partial charge on any atom is 0.516 e. The summed E-state index contributed by atoms with van der Waals surface area (Å²) < 4.78 is 45.0. The van der Waals surface area contributed by atoms with Gasteiger partial charge in [-0.2, -0.15) is 0 Å². The molecule has 0 aliphatic carbocycles. The molecule has 3 unspecified atom stereocenters. The van der Waals surface area contributed by atoms with E-state index in [-0.39, 0.29) is 18.5 Å². The van der Waals surface area contributed by atoms with E-state index in [9.17, 15) is 18.6 Å². The second-order valence-electron chi connectivity index (χ2n) is 3.92. The van der Waals surface area contributed by atoms with Crippen LogP contribution in [-0.2, 0) is 22.3 Å². The van der Waals surface area contributed by atoms with Gasteiger partial charge in [0, 0.05) is 0 Å². The van der Waals surface area contributed by atoms with Crippen LogP contribution in [0.4, 0.5) is 0 Å². The SMILES string of the molecule is CCC[P+](=O)OP(=O)(CCC)OP(=O)(O)CCC. The topological polar surface area (TPSA) is 89.9 Å². The van der Waals surface area contributed by atoms with Crippen LogP contribution in [0.5, 0.6) is 0 Å². The normalized spacial score (nSPS) is 19.0. The fraction of sp³-hybridized carbons (Fsp3) is 1.00. The van der Waals surface area contributed by atoms with Crippen molar-refractivity contribution in [1.29, 1.82) is 0 Å².